The van der Waals surface area contributed by atoms with Crippen molar-refractivity contribution in [2.45, 2.75) is 47.6 Å². The van der Waals surface area contributed by atoms with Crippen LogP contribution in [0, 0.1) is 19.8 Å². The fourth-order valence-corrected chi connectivity index (χ4v) is 3.02. The molecule has 0 fully saturated rings. The number of nitrogens with one attached hydrogen (secondary N) is 1. The Morgan fingerprint density at radius 1 is 1.15 bits per heavy atom. The third-order valence-corrected chi connectivity index (χ3v) is 4.21. The van der Waals surface area contributed by atoms with Crippen molar-refractivity contribution in [3.63, 3.8) is 0 Å². The average Bonchev–Trinajstić information content (AvgIpc) is 2.74. The Kier molecular flexibility index (Phi) is 7.41. The Balaban J connectivity index is 3.17. The molecule has 0 aliphatic carbocycles. The van der Waals surface area contributed by atoms with Crippen LogP contribution in [0.25, 0.3) is 0 Å². The number of urea groups is 1. The van der Waals surface area contributed by atoms with E-state index in [1.54, 1.807) is 25.5 Å². The topological polar surface area (TPSA) is 80.6 Å². The number of nitrogens with zero attached hydrogens (tertiary/aromatic N) is 2. The number of ether oxygens (including phenoxy) is 1. The number of Topliss-reactive ketones (excluding diaryl/α,β-unsaturated/α-hetero) is 1. The molecule has 0 bridgehead atoms. The molecule has 1 N–H and O–H groups in total. The molecule has 0 aromatic carbocycles. The Morgan fingerprint density at radius 2 is 1.73 bits per heavy atom. The van der Waals surface area contributed by atoms with Crippen LogP contribution >= 0.6 is 0 Å². The molecule has 146 valence electrons. The minimum atomic E-state index is -0.483. The number of rotatable bonds is 7. The van der Waals surface area contributed by atoms with Crippen molar-refractivity contribution >= 4 is 17.8 Å². The number of esters is 1. The lowest BCUT2D eigenvalue weighted by Crippen LogP contribution is -2.46. The maximum Gasteiger partial charge on any atom is 0.354 e. The van der Waals surface area contributed by atoms with E-state index < -0.39 is 5.97 Å². The summed E-state index contributed by atoms with van der Waals surface area (Å²) in [5.41, 5.74) is 2.09. The highest BCUT2D eigenvalue weighted by Crippen LogP contribution is 2.23. The first-order valence-electron chi connectivity index (χ1n) is 8.84. The van der Waals surface area contributed by atoms with Gasteiger partial charge in [-0.05, 0) is 39.2 Å². The van der Waals surface area contributed by atoms with Crippen LogP contribution in [-0.2, 0) is 11.8 Å². The number of carbonyl (C=O) groups is 3. The van der Waals surface area contributed by atoms with E-state index in [9.17, 15) is 14.4 Å². The highest BCUT2D eigenvalue weighted by molar-refractivity contribution is 6.04. The van der Waals surface area contributed by atoms with E-state index in [2.05, 4.69) is 5.32 Å². The molecule has 0 radical (unpaired) electrons. The molecule has 1 rings (SSSR count). The molecule has 0 aliphatic rings. The highest BCUT2D eigenvalue weighted by atomic mass is 16.5. The van der Waals surface area contributed by atoms with E-state index in [0.29, 0.717) is 29.1 Å². The summed E-state index contributed by atoms with van der Waals surface area (Å²) < 4.78 is 6.48. The van der Waals surface area contributed by atoms with Crippen LogP contribution in [0.1, 0.15) is 59.8 Å². The molecule has 2 amide bonds. The summed E-state index contributed by atoms with van der Waals surface area (Å²) in [6.45, 7) is 11.7. The van der Waals surface area contributed by atoms with E-state index in [0.717, 1.165) is 0 Å². The smallest absolute Gasteiger partial charge is 0.354 e. The van der Waals surface area contributed by atoms with Crippen molar-refractivity contribution in [1.82, 2.24) is 14.8 Å². The molecular weight excluding hydrogens is 334 g/mol. The Hall–Kier alpha value is -2.31. The van der Waals surface area contributed by atoms with E-state index in [4.69, 9.17) is 4.74 Å². The predicted molar refractivity (Wildman–Crippen MR) is 101 cm³/mol. The number of hydrogen-bond donors (Lipinski definition) is 1. The summed E-state index contributed by atoms with van der Waals surface area (Å²) >= 11 is 0. The zero-order valence-electron chi connectivity index (χ0n) is 17.1. The normalized spacial score (nSPS) is 11.0. The van der Waals surface area contributed by atoms with Crippen LogP contribution < -0.4 is 5.32 Å². The zero-order valence-corrected chi connectivity index (χ0v) is 17.1. The molecule has 1 aromatic heterocycles. The number of carbonyl (C=O) groups excluding carboxylic acids is 3. The monoisotopic (exact) mass is 365 g/mol. The Bertz CT molecular complexity index is 689. The summed E-state index contributed by atoms with van der Waals surface area (Å²) in [4.78, 5) is 38.9. The van der Waals surface area contributed by atoms with Gasteiger partial charge < -0.3 is 19.5 Å². The molecule has 1 heterocycles. The van der Waals surface area contributed by atoms with Gasteiger partial charge in [0.15, 0.2) is 5.78 Å². The van der Waals surface area contributed by atoms with Crippen LogP contribution in [0.4, 0.5) is 4.79 Å². The zero-order chi connectivity index (χ0) is 20.2. The van der Waals surface area contributed by atoms with Crippen molar-refractivity contribution in [2.24, 2.45) is 13.0 Å². The number of hydrogen-bond acceptors (Lipinski definition) is 4. The summed E-state index contributed by atoms with van der Waals surface area (Å²) in [5, 5.41) is 2.83. The van der Waals surface area contributed by atoms with E-state index in [1.807, 2.05) is 27.7 Å². The van der Waals surface area contributed by atoms with Crippen molar-refractivity contribution in [3.05, 3.63) is 22.5 Å². The van der Waals surface area contributed by atoms with Gasteiger partial charge in [-0.15, -0.1) is 0 Å². The summed E-state index contributed by atoms with van der Waals surface area (Å²) in [6.07, 6.45) is 0. The molecule has 0 atom stereocenters. The van der Waals surface area contributed by atoms with Gasteiger partial charge in [0.2, 0.25) is 0 Å². The molecular formula is C19H31N3O4. The molecule has 0 saturated carbocycles. The first kappa shape index (κ1) is 21.7. The van der Waals surface area contributed by atoms with Crippen molar-refractivity contribution < 1.29 is 19.1 Å². The lowest BCUT2D eigenvalue weighted by molar-refractivity contribution is 0.0588. The quantitative estimate of drug-likeness (QED) is 0.595. The first-order valence-corrected chi connectivity index (χ1v) is 8.84. The second-order valence-corrected chi connectivity index (χ2v) is 7.29. The molecule has 1 aromatic rings. The van der Waals surface area contributed by atoms with Gasteiger partial charge in [0.25, 0.3) is 0 Å². The van der Waals surface area contributed by atoms with E-state index in [1.165, 1.54) is 12.0 Å². The first-order chi connectivity index (χ1) is 12.0. The van der Waals surface area contributed by atoms with Gasteiger partial charge in [-0.25, -0.2) is 9.59 Å². The minimum Gasteiger partial charge on any atom is -0.464 e. The molecule has 0 spiro atoms. The predicted octanol–water partition coefficient (Wildman–Crippen LogP) is 2.69. The van der Waals surface area contributed by atoms with Crippen LogP contribution in [-0.4, -0.2) is 53.5 Å². The van der Waals surface area contributed by atoms with Crippen molar-refractivity contribution in [3.8, 4) is 0 Å². The van der Waals surface area contributed by atoms with Gasteiger partial charge >= 0.3 is 12.0 Å². The highest BCUT2D eigenvalue weighted by Gasteiger charge is 2.27. The van der Waals surface area contributed by atoms with Gasteiger partial charge in [-0.1, -0.05) is 13.8 Å². The third-order valence-electron chi connectivity index (χ3n) is 4.21. The van der Waals surface area contributed by atoms with Crippen LogP contribution in [0.3, 0.4) is 0 Å². The van der Waals surface area contributed by atoms with Gasteiger partial charge in [0.1, 0.15) is 5.69 Å². The molecule has 0 aliphatic heterocycles. The summed E-state index contributed by atoms with van der Waals surface area (Å²) in [6, 6.07) is -0.278. The second kappa shape index (κ2) is 8.87. The summed E-state index contributed by atoms with van der Waals surface area (Å²) in [5.74, 6) is -0.446. The second-order valence-electron chi connectivity index (χ2n) is 7.29. The summed E-state index contributed by atoms with van der Waals surface area (Å²) in [7, 11) is 3.04. The lowest BCUT2D eigenvalue weighted by Gasteiger charge is -2.25. The number of ketones is 1. The molecule has 0 saturated heterocycles. The Labute approximate surface area is 155 Å². The van der Waals surface area contributed by atoms with Gasteiger partial charge in [-0.3, -0.25) is 4.79 Å². The number of amides is 2. The van der Waals surface area contributed by atoms with Gasteiger partial charge in [0.05, 0.1) is 13.7 Å². The molecule has 7 nitrogen and oxygen atoms in total. The van der Waals surface area contributed by atoms with Crippen molar-refractivity contribution in [1.29, 1.82) is 0 Å². The fraction of sp³-hybridized carbons (Fsp3) is 0.632. The largest absolute Gasteiger partial charge is 0.464 e. The average molecular weight is 365 g/mol. The SMILES string of the molecule is COC(=O)c1c(C)c(C(=O)CN(CC(C)C)C(=O)NC(C)C)c(C)n1C. The van der Waals surface area contributed by atoms with Crippen LogP contribution in [0.2, 0.25) is 0 Å². The molecule has 26 heavy (non-hydrogen) atoms. The maximum atomic E-state index is 13.0. The number of aromatic nitrogens is 1. The van der Waals surface area contributed by atoms with Gasteiger partial charge in [-0.2, -0.15) is 0 Å². The van der Waals surface area contributed by atoms with Gasteiger partial charge in [0, 0.05) is 30.9 Å². The van der Waals surface area contributed by atoms with Crippen LogP contribution in [0.5, 0.6) is 0 Å². The lowest BCUT2D eigenvalue weighted by atomic mass is 10.0. The maximum absolute atomic E-state index is 13.0. The van der Waals surface area contributed by atoms with E-state index >= 15 is 0 Å². The standard InChI is InChI=1S/C19H31N3O4/c1-11(2)9-22(19(25)20-12(3)4)10-15(23)16-13(5)17(18(24)26-8)21(7)14(16)6/h11-12H,9-10H2,1-8H3,(H,20,25). The van der Waals surface area contributed by atoms with Crippen LogP contribution in [0.15, 0.2) is 0 Å². The fourth-order valence-electron chi connectivity index (χ4n) is 3.02. The minimum absolute atomic E-state index is 0.0154. The Morgan fingerprint density at radius 3 is 2.19 bits per heavy atom. The third kappa shape index (κ3) is 4.86. The molecule has 7 heteroatoms. The number of methoxy groups -OCH3 is 1. The van der Waals surface area contributed by atoms with Crippen molar-refractivity contribution in [2.75, 3.05) is 20.2 Å². The van der Waals surface area contributed by atoms with E-state index in [-0.39, 0.29) is 30.3 Å². The molecule has 0 unspecified atom stereocenters.